The van der Waals surface area contributed by atoms with Crippen molar-refractivity contribution in [3.63, 3.8) is 0 Å². The second-order valence-electron chi connectivity index (χ2n) is 5.26. The zero-order valence-electron chi connectivity index (χ0n) is 12.3. The van der Waals surface area contributed by atoms with Crippen molar-refractivity contribution in [2.45, 2.75) is 18.9 Å². The van der Waals surface area contributed by atoms with Crippen molar-refractivity contribution >= 4 is 23.2 Å². The van der Waals surface area contributed by atoms with Crippen molar-refractivity contribution in [1.29, 1.82) is 0 Å². The molecule has 1 aliphatic rings. The van der Waals surface area contributed by atoms with Crippen LogP contribution in [0.15, 0.2) is 18.2 Å². The van der Waals surface area contributed by atoms with Crippen molar-refractivity contribution in [2.24, 2.45) is 5.73 Å². The first-order valence-electron chi connectivity index (χ1n) is 7.18. The Morgan fingerprint density at radius 2 is 2.38 bits per heavy atom. The van der Waals surface area contributed by atoms with Crippen LogP contribution in [0.4, 0.5) is 5.69 Å². The van der Waals surface area contributed by atoms with Gasteiger partial charge in [0.05, 0.1) is 17.2 Å². The number of benzene rings is 1. The highest BCUT2D eigenvalue weighted by Gasteiger charge is 2.19. The molecule has 0 bridgehead atoms. The van der Waals surface area contributed by atoms with E-state index in [9.17, 15) is 4.79 Å². The molecule has 1 amide bonds. The Kier molecular flexibility index (Phi) is 5.85. The number of halogens is 1. The number of nitrogens with zero attached hydrogens (tertiary/aromatic N) is 1. The number of nitrogens with one attached hydrogen (secondary N) is 1. The Bertz CT molecular complexity index is 490. The predicted octanol–water partition coefficient (Wildman–Crippen LogP) is 1.64. The molecule has 0 saturated carbocycles. The van der Waals surface area contributed by atoms with Crippen LogP contribution in [0.5, 0.6) is 0 Å². The minimum Gasteiger partial charge on any atom is -0.383 e. The standard InChI is InChI=1S/C15H22ClN3O2/c1-21-8-7-19(10-11-3-2-6-18-11)12-4-5-13(15(17)20)14(16)9-12/h4-5,9,11,18H,2-3,6-8,10H2,1H3,(H2,17,20). The van der Waals surface area contributed by atoms with Crippen molar-refractivity contribution < 1.29 is 9.53 Å². The van der Waals surface area contributed by atoms with Gasteiger partial charge in [-0.3, -0.25) is 4.79 Å². The topological polar surface area (TPSA) is 67.6 Å². The smallest absolute Gasteiger partial charge is 0.250 e. The lowest BCUT2D eigenvalue weighted by molar-refractivity contribution is 0.100. The highest BCUT2D eigenvalue weighted by atomic mass is 35.5. The molecule has 116 valence electrons. The zero-order valence-corrected chi connectivity index (χ0v) is 13.0. The van der Waals surface area contributed by atoms with E-state index in [0.717, 1.165) is 25.3 Å². The summed E-state index contributed by atoms with van der Waals surface area (Å²) in [4.78, 5) is 13.5. The van der Waals surface area contributed by atoms with Crippen LogP contribution in [0.25, 0.3) is 0 Å². The lowest BCUT2D eigenvalue weighted by Gasteiger charge is -2.28. The van der Waals surface area contributed by atoms with Gasteiger partial charge in [0.25, 0.3) is 0 Å². The van der Waals surface area contributed by atoms with Crippen molar-refractivity contribution in [3.8, 4) is 0 Å². The first kappa shape index (κ1) is 16.1. The molecule has 1 fully saturated rings. The predicted molar refractivity (Wildman–Crippen MR) is 85.1 cm³/mol. The highest BCUT2D eigenvalue weighted by Crippen LogP contribution is 2.24. The molecule has 1 aromatic carbocycles. The van der Waals surface area contributed by atoms with Gasteiger partial charge in [0.15, 0.2) is 0 Å². The maximum Gasteiger partial charge on any atom is 0.250 e. The summed E-state index contributed by atoms with van der Waals surface area (Å²) in [7, 11) is 1.69. The third kappa shape index (κ3) is 4.33. The fraction of sp³-hybridized carbons (Fsp3) is 0.533. The Balaban J connectivity index is 2.14. The van der Waals surface area contributed by atoms with Gasteiger partial charge >= 0.3 is 0 Å². The molecule has 1 saturated heterocycles. The Morgan fingerprint density at radius 1 is 1.57 bits per heavy atom. The van der Waals surface area contributed by atoms with E-state index in [1.54, 1.807) is 19.2 Å². The number of ether oxygens (including phenoxy) is 1. The van der Waals surface area contributed by atoms with Crippen molar-refractivity contribution in [1.82, 2.24) is 5.32 Å². The van der Waals surface area contributed by atoms with Crippen molar-refractivity contribution in [3.05, 3.63) is 28.8 Å². The number of amides is 1. The summed E-state index contributed by atoms with van der Waals surface area (Å²) in [5.41, 5.74) is 6.62. The van der Waals surface area contributed by atoms with Gasteiger partial charge in [-0.25, -0.2) is 0 Å². The molecule has 2 rings (SSSR count). The monoisotopic (exact) mass is 311 g/mol. The van der Waals surface area contributed by atoms with Crippen LogP contribution in [0.2, 0.25) is 5.02 Å². The van der Waals surface area contributed by atoms with Gasteiger partial charge in [0.2, 0.25) is 5.91 Å². The molecule has 0 radical (unpaired) electrons. The number of hydrogen-bond donors (Lipinski definition) is 2. The van der Waals surface area contributed by atoms with Gasteiger partial charge in [-0.05, 0) is 37.6 Å². The van der Waals surface area contributed by atoms with E-state index in [-0.39, 0.29) is 0 Å². The minimum atomic E-state index is -0.507. The van der Waals surface area contributed by atoms with E-state index in [1.807, 2.05) is 6.07 Å². The first-order chi connectivity index (χ1) is 10.1. The third-order valence-corrected chi connectivity index (χ3v) is 4.06. The Labute approximate surface area is 130 Å². The molecule has 0 aromatic heterocycles. The zero-order chi connectivity index (χ0) is 15.2. The summed E-state index contributed by atoms with van der Waals surface area (Å²) in [5.74, 6) is -0.507. The Morgan fingerprint density at radius 3 is 2.95 bits per heavy atom. The average molecular weight is 312 g/mol. The molecule has 1 aromatic rings. The van der Waals surface area contributed by atoms with E-state index >= 15 is 0 Å². The van der Waals surface area contributed by atoms with Crippen LogP contribution in [0.1, 0.15) is 23.2 Å². The van der Waals surface area contributed by atoms with E-state index in [2.05, 4.69) is 10.2 Å². The van der Waals surface area contributed by atoms with Crippen molar-refractivity contribution in [2.75, 3.05) is 38.3 Å². The van der Waals surface area contributed by atoms with Gasteiger partial charge in [0.1, 0.15) is 0 Å². The van der Waals surface area contributed by atoms with Crippen LogP contribution < -0.4 is 16.0 Å². The molecule has 3 N–H and O–H groups in total. The van der Waals surface area contributed by atoms with E-state index < -0.39 is 5.91 Å². The van der Waals surface area contributed by atoms with Crippen LogP contribution in [-0.4, -0.2) is 45.3 Å². The fourth-order valence-electron chi connectivity index (χ4n) is 2.61. The second kappa shape index (κ2) is 7.64. The fourth-order valence-corrected chi connectivity index (χ4v) is 2.87. The van der Waals surface area contributed by atoms with Crippen LogP contribution in [0.3, 0.4) is 0 Å². The molecule has 0 spiro atoms. The lowest BCUT2D eigenvalue weighted by Crippen LogP contribution is -2.39. The largest absolute Gasteiger partial charge is 0.383 e. The number of rotatable bonds is 7. The van der Waals surface area contributed by atoms with Gasteiger partial charge in [0, 0.05) is 31.9 Å². The molecule has 21 heavy (non-hydrogen) atoms. The highest BCUT2D eigenvalue weighted by molar-refractivity contribution is 6.34. The minimum absolute atomic E-state index is 0.353. The SMILES string of the molecule is COCCN(CC1CCCN1)c1ccc(C(N)=O)c(Cl)c1. The van der Waals surface area contributed by atoms with Crippen LogP contribution in [0, 0.1) is 0 Å². The van der Waals surface area contributed by atoms with Gasteiger partial charge in [-0.1, -0.05) is 11.6 Å². The summed E-state index contributed by atoms with van der Waals surface area (Å²) in [6.45, 7) is 3.39. The maximum atomic E-state index is 11.2. The summed E-state index contributed by atoms with van der Waals surface area (Å²) < 4.78 is 5.18. The summed E-state index contributed by atoms with van der Waals surface area (Å²) in [6, 6.07) is 5.85. The number of carbonyl (C=O) groups excluding carboxylic acids is 1. The molecule has 1 heterocycles. The number of anilines is 1. The number of methoxy groups -OCH3 is 1. The summed E-state index contributed by atoms with van der Waals surface area (Å²) >= 11 is 6.14. The number of hydrogen-bond acceptors (Lipinski definition) is 4. The molecule has 6 heteroatoms. The number of carbonyl (C=O) groups is 1. The van der Waals surface area contributed by atoms with Gasteiger partial charge < -0.3 is 20.7 Å². The van der Waals surface area contributed by atoms with Gasteiger partial charge in [-0.2, -0.15) is 0 Å². The molecule has 0 aliphatic carbocycles. The quantitative estimate of drug-likeness (QED) is 0.803. The molecule has 1 atom stereocenters. The number of primary amides is 1. The first-order valence-corrected chi connectivity index (χ1v) is 7.56. The second-order valence-corrected chi connectivity index (χ2v) is 5.67. The van der Waals surface area contributed by atoms with E-state index in [4.69, 9.17) is 22.1 Å². The molecule has 5 nitrogen and oxygen atoms in total. The third-order valence-electron chi connectivity index (χ3n) is 3.75. The average Bonchev–Trinajstić information content (AvgIpc) is 2.95. The molecular weight excluding hydrogens is 290 g/mol. The van der Waals surface area contributed by atoms with E-state index in [1.165, 1.54) is 12.8 Å². The Hall–Kier alpha value is -1.30. The lowest BCUT2D eigenvalue weighted by atomic mass is 10.1. The van der Waals surface area contributed by atoms with Gasteiger partial charge in [-0.15, -0.1) is 0 Å². The summed E-state index contributed by atoms with van der Waals surface area (Å²) in [6.07, 6.45) is 2.39. The number of nitrogens with two attached hydrogens (primary N) is 1. The van der Waals surface area contributed by atoms with Crippen LogP contribution in [-0.2, 0) is 4.74 Å². The normalized spacial score (nSPS) is 17.9. The maximum absolute atomic E-state index is 11.2. The molecule has 1 aliphatic heterocycles. The molecule has 1 unspecified atom stereocenters. The van der Waals surface area contributed by atoms with E-state index in [0.29, 0.717) is 23.2 Å². The molecular formula is C15H22ClN3O2. The van der Waals surface area contributed by atoms with Crippen LogP contribution >= 0.6 is 11.6 Å². The summed E-state index contributed by atoms with van der Waals surface area (Å²) in [5, 5.41) is 3.88.